The van der Waals surface area contributed by atoms with Crippen LogP contribution in [0.1, 0.15) is 28.7 Å². The van der Waals surface area contributed by atoms with E-state index in [1.54, 1.807) is 6.07 Å². The van der Waals surface area contributed by atoms with Gasteiger partial charge in [0, 0.05) is 23.6 Å². The largest absolute Gasteiger partial charge is 0.452 e. The van der Waals surface area contributed by atoms with Crippen LogP contribution in [0, 0.1) is 19.7 Å². The summed E-state index contributed by atoms with van der Waals surface area (Å²) in [6, 6.07) is 5.53. The number of carbonyl (C=O) groups excluding carboxylic acids is 2. The van der Waals surface area contributed by atoms with Crippen LogP contribution in [-0.2, 0) is 16.1 Å². The first-order valence-electron chi connectivity index (χ1n) is 7.42. The molecule has 5 nitrogen and oxygen atoms in total. The van der Waals surface area contributed by atoms with Gasteiger partial charge in [-0.15, -0.1) is 0 Å². The van der Waals surface area contributed by atoms with Gasteiger partial charge in [-0.3, -0.25) is 4.79 Å². The number of rotatable bonds is 5. The molecule has 0 saturated heterocycles. The molecule has 1 aromatic heterocycles. The van der Waals surface area contributed by atoms with Crippen molar-refractivity contribution in [2.24, 2.45) is 0 Å². The molecule has 2 aromatic rings. The number of ether oxygens (including phenoxy) is 1. The molecule has 1 N–H and O–H groups in total. The van der Waals surface area contributed by atoms with E-state index in [1.165, 1.54) is 12.1 Å². The molecule has 0 aliphatic rings. The van der Waals surface area contributed by atoms with E-state index in [9.17, 15) is 14.0 Å². The number of nitrogens with zero attached hydrogens (tertiary/aromatic N) is 1. The number of aromatic nitrogens is 1. The van der Waals surface area contributed by atoms with Crippen LogP contribution in [0.4, 0.5) is 10.1 Å². The van der Waals surface area contributed by atoms with E-state index in [2.05, 4.69) is 5.32 Å². The van der Waals surface area contributed by atoms with E-state index < -0.39 is 24.3 Å². The Hall–Kier alpha value is -2.34. The average Bonchev–Trinajstić information content (AvgIpc) is 2.83. The minimum Gasteiger partial charge on any atom is -0.452 e. The molecule has 7 heteroatoms. The SMILES string of the molecule is CCn1c(C)cc(C(=O)OCC(=O)Nc2ccc(F)c(Cl)c2)c1C. The maximum absolute atomic E-state index is 13.1. The number of anilines is 1. The number of nitrogens with one attached hydrogen (secondary N) is 1. The van der Waals surface area contributed by atoms with Gasteiger partial charge < -0.3 is 14.6 Å². The quantitative estimate of drug-likeness (QED) is 0.834. The molecule has 0 radical (unpaired) electrons. The van der Waals surface area contributed by atoms with E-state index >= 15 is 0 Å². The molecule has 2 rings (SSSR count). The van der Waals surface area contributed by atoms with Gasteiger partial charge in [0.2, 0.25) is 0 Å². The summed E-state index contributed by atoms with van der Waals surface area (Å²) in [5.74, 6) is -1.67. The second-order valence-corrected chi connectivity index (χ2v) is 5.69. The Labute approximate surface area is 144 Å². The Morgan fingerprint density at radius 2 is 2.00 bits per heavy atom. The summed E-state index contributed by atoms with van der Waals surface area (Å²) in [4.78, 5) is 23.9. The number of halogens is 2. The van der Waals surface area contributed by atoms with Crippen LogP contribution in [0.3, 0.4) is 0 Å². The van der Waals surface area contributed by atoms with E-state index in [-0.39, 0.29) is 5.02 Å². The normalized spacial score (nSPS) is 10.5. The van der Waals surface area contributed by atoms with Gasteiger partial charge in [0.15, 0.2) is 6.61 Å². The van der Waals surface area contributed by atoms with Gasteiger partial charge in [0.1, 0.15) is 5.82 Å². The van der Waals surface area contributed by atoms with E-state index in [1.807, 2.05) is 25.3 Å². The highest BCUT2D eigenvalue weighted by Crippen LogP contribution is 2.19. The third-order valence-electron chi connectivity index (χ3n) is 3.65. The van der Waals surface area contributed by atoms with Crippen molar-refractivity contribution < 1.29 is 18.7 Å². The summed E-state index contributed by atoms with van der Waals surface area (Å²) in [7, 11) is 0. The van der Waals surface area contributed by atoms with Crippen molar-refractivity contribution in [1.29, 1.82) is 0 Å². The van der Waals surface area contributed by atoms with Gasteiger partial charge in [0.25, 0.3) is 5.91 Å². The highest BCUT2D eigenvalue weighted by Gasteiger charge is 2.17. The van der Waals surface area contributed by atoms with Crippen LogP contribution in [0.5, 0.6) is 0 Å². The Kier molecular flexibility index (Phi) is 5.62. The van der Waals surface area contributed by atoms with Crippen molar-refractivity contribution in [2.75, 3.05) is 11.9 Å². The van der Waals surface area contributed by atoms with Crippen molar-refractivity contribution >= 4 is 29.2 Å². The number of benzene rings is 1. The molecule has 128 valence electrons. The van der Waals surface area contributed by atoms with Gasteiger partial charge in [-0.05, 0) is 45.0 Å². The zero-order chi connectivity index (χ0) is 17.9. The molecule has 0 bridgehead atoms. The van der Waals surface area contributed by atoms with Gasteiger partial charge in [-0.25, -0.2) is 9.18 Å². The lowest BCUT2D eigenvalue weighted by atomic mass is 10.2. The topological polar surface area (TPSA) is 60.3 Å². The van der Waals surface area contributed by atoms with Crippen molar-refractivity contribution in [3.63, 3.8) is 0 Å². The highest BCUT2D eigenvalue weighted by molar-refractivity contribution is 6.31. The minimum atomic E-state index is -0.577. The fourth-order valence-corrected chi connectivity index (χ4v) is 2.65. The van der Waals surface area contributed by atoms with Crippen LogP contribution in [0.2, 0.25) is 5.02 Å². The summed E-state index contributed by atoms with van der Waals surface area (Å²) < 4.78 is 20.1. The Bertz CT molecular complexity index is 786. The number of esters is 1. The number of amides is 1. The zero-order valence-corrected chi connectivity index (χ0v) is 14.4. The molecular formula is C17H18ClFN2O3. The maximum atomic E-state index is 13.1. The van der Waals surface area contributed by atoms with Gasteiger partial charge in [-0.2, -0.15) is 0 Å². The first kappa shape index (κ1) is 18.0. The second kappa shape index (κ2) is 7.49. The van der Waals surface area contributed by atoms with Crippen LogP contribution < -0.4 is 5.32 Å². The summed E-state index contributed by atoms with van der Waals surface area (Å²) >= 11 is 5.64. The highest BCUT2D eigenvalue weighted by atomic mass is 35.5. The summed E-state index contributed by atoms with van der Waals surface area (Å²) in [6.07, 6.45) is 0. The Balaban J connectivity index is 1.96. The zero-order valence-electron chi connectivity index (χ0n) is 13.7. The van der Waals surface area contributed by atoms with Crippen LogP contribution in [-0.4, -0.2) is 23.1 Å². The van der Waals surface area contributed by atoms with Gasteiger partial charge >= 0.3 is 5.97 Å². The molecular weight excluding hydrogens is 335 g/mol. The molecule has 0 fully saturated rings. The maximum Gasteiger partial charge on any atom is 0.340 e. The van der Waals surface area contributed by atoms with Crippen LogP contribution in [0.25, 0.3) is 0 Å². The molecule has 0 atom stereocenters. The van der Waals surface area contributed by atoms with Crippen molar-refractivity contribution in [3.8, 4) is 0 Å². The Morgan fingerprint density at radius 3 is 2.58 bits per heavy atom. The lowest BCUT2D eigenvalue weighted by molar-refractivity contribution is -0.119. The number of aryl methyl sites for hydroxylation is 1. The molecule has 0 aliphatic heterocycles. The van der Waals surface area contributed by atoms with E-state index in [0.29, 0.717) is 11.3 Å². The standard InChI is InChI=1S/C17H18ClFN2O3/c1-4-21-10(2)7-13(11(21)3)17(23)24-9-16(22)20-12-5-6-15(19)14(18)8-12/h5-8H,4,9H2,1-3H3,(H,20,22). The van der Waals surface area contributed by atoms with E-state index in [0.717, 1.165) is 24.0 Å². The fourth-order valence-electron chi connectivity index (χ4n) is 2.47. The van der Waals surface area contributed by atoms with E-state index in [4.69, 9.17) is 16.3 Å². The molecule has 1 amide bonds. The molecule has 24 heavy (non-hydrogen) atoms. The van der Waals surface area contributed by atoms with Crippen molar-refractivity contribution in [1.82, 2.24) is 4.57 Å². The van der Waals surface area contributed by atoms with Crippen LogP contribution >= 0.6 is 11.6 Å². The molecule has 1 aromatic carbocycles. The Morgan fingerprint density at radius 1 is 1.29 bits per heavy atom. The molecule has 0 spiro atoms. The monoisotopic (exact) mass is 352 g/mol. The summed E-state index contributed by atoms with van der Waals surface area (Å²) in [5.41, 5.74) is 2.51. The fraction of sp³-hybridized carbons (Fsp3) is 0.294. The predicted molar refractivity (Wildman–Crippen MR) is 89.9 cm³/mol. The van der Waals surface area contributed by atoms with Gasteiger partial charge in [-0.1, -0.05) is 11.6 Å². The summed E-state index contributed by atoms with van der Waals surface area (Å²) in [6.45, 7) is 6.02. The molecule has 0 unspecified atom stereocenters. The number of hydrogen-bond donors (Lipinski definition) is 1. The average molecular weight is 353 g/mol. The first-order chi connectivity index (χ1) is 11.3. The number of carbonyl (C=O) groups is 2. The lowest BCUT2D eigenvalue weighted by Crippen LogP contribution is -2.21. The first-order valence-corrected chi connectivity index (χ1v) is 7.80. The third kappa shape index (κ3) is 3.94. The number of hydrogen-bond acceptors (Lipinski definition) is 3. The van der Waals surface area contributed by atoms with Crippen molar-refractivity contribution in [2.45, 2.75) is 27.3 Å². The molecule has 0 saturated carbocycles. The second-order valence-electron chi connectivity index (χ2n) is 5.28. The van der Waals surface area contributed by atoms with Crippen LogP contribution in [0.15, 0.2) is 24.3 Å². The minimum absolute atomic E-state index is 0.100. The van der Waals surface area contributed by atoms with Crippen molar-refractivity contribution in [3.05, 3.63) is 52.1 Å². The predicted octanol–water partition coefficient (Wildman–Crippen LogP) is 3.71. The smallest absolute Gasteiger partial charge is 0.340 e. The molecule has 1 heterocycles. The molecule has 0 aliphatic carbocycles. The van der Waals surface area contributed by atoms with Gasteiger partial charge in [0.05, 0.1) is 10.6 Å². The lowest BCUT2D eigenvalue weighted by Gasteiger charge is -2.08. The summed E-state index contributed by atoms with van der Waals surface area (Å²) in [5, 5.41) is 2.39. The third-order valence-corrected chi connectivity index (χ3v) is 3.94.